The van der Waals surface area contributed by atoms with E-state index in [1.807, 2.05) is 31.2 Å². The van der Waals surface area contributed by atoms with Crippen molar-refractivity contribution in [2.45, 2.75) is 6.92 Å². The van der Waals surface area contributed by atoms with Gasteiger partial charge >= 0.3 is 13.2 Å². The van der Waals surface area contributed by atoms with E-state index < -0.39 is 7.60 Å². The Bertz CT molecular complexity index is 571. The van der Waals surface area contributed by atoms with Crippen molar-refractivity contribution in [2.24, 2.45) is 0 Å². The van der Waals surface area contributed by atoms with Gasteiger partial charge in [0.25, 0.3) is 0 Å². The highest BCUT2D eigenvalue weighted by molar-refractivity contribution is 7.61. The smallest absolute Gasteiger partial charge is 0.325 e. The molecule has 2 rings (SSSR count). The number of hydrogen-bond acceptors (Lipinski definition) is 6. The van der Waals surface area contributed by atoms with Gasteiger partial charge in [0, 0.05) is 19.8 Å². The Morgan fingerprint density at radius 3 is 2.33 bits per heavy atom. The van der Waals surface area contributed by atoms with Gasteiger partial charge in [-0.15, -0.1) is 0 Å². The molecule has 18 heavy (non-hydrogen) atoms. The summed E-state index contributed by atoms with van der Waals surface area (Å²) >= 11 is 0. The van der Waals surface area contributed by atoms with Crippen LogP contribution in [0.2, 0.25) is 0 Å². The number of nitrogens with zero attached hydrogens (tertiary/aromatic N) is 2. The molecule has 7 heteroatoms. The molecule has 2 aromatic rings. The molecule has 0 atom stereocenters. The van der Waals surface area contributed by atoms with Gasteiger partial charge in [0.05, 0.1) is 0 Å². The minimum absolute atomic E-state index is 0.150. The van der Waals surface area contributed by atoms with Crippen LogP contribution in [0.5, 0.6) is 0 Å². The van der Waals surface area contributed by atoms with Gasteiger partial charge < -0.3 is 13.6 Å². The average Bonchev–Trinajstić information content (AvgIpc) is 2.89. The summed E-state index contributed by atoms with van der Waals surface area (Å²) in [5.41, 5.74) is 1.75. The number of rotatable bonds is 4. The van der Waals surface area contributed by atoms with Gasteiger partial charge in [-0.2, -0.15) is 4.98 Å². The van der Waals surface area contributed by atoms with Crippen molar-refractivity contribution in [3.05, 3.63) is 29.8 Å². The van der Waals surface area contributed by atoms with E-state index >= 15 is 0 Å². The lowest BCUT2D eigenvalue weighted by Gasteiger charge is -2.06. The highest BCUT2D eigenvalue weighted by Crippen LogP contribution is 2.44. The maximum atomic E-state index is 12.0. The van der Waals surface area contributed by atoms with Crippen LogP contribution in [0, 0.1) is 6.92 Å². The van der Waals surface area contributed by atoms with Crippen molar-refractivity contribution < 1.29 is 18.1 Å². The fourth-order valence-electron chi connectivity index (χ4n) is 1.38. The third kappa shape index (κ3) is 2.36. The molecule has 0 amide bonds. The van der Waals surface area contributed by atoms with E-state index in [2.05, 4.69) is 10.1 Å². The predicted molar refractivity (Wildman–Crippen MR) is 65.7 cm³/mol. The highest BCUT2D eigenvalue weighted by Gasteiger charge is 2.32. The van der Waals surface area contributed by atoms with Crippen LogP contribution in [-0.2, 0) is 13.6 Å². The van der Waals surface area contributed by atoms with E-state index in [4.69, 9.17) is 13.6 Å². The van der Waals surface area contributed by atoms with Crippen LogP contribution in [0.25, 0.3) is 11.4 Å². The first-order chi connectivity index (χ1) is 8.59. The van der Waals surface area contributed by atoms with Crippen molar-refractivity contribution in [3.63, 3.8) is 0 Å². The zero-order valence-electron chi connectivity index (χ0n) is 10.3. The first-order valence-electron chi connectivity index (χ1n) is 5.22. The van der Waals surface area contributed by atoms with Gasteiger partial charge in [0.15, 0.2) is 0 Å². The Labute approximate surface area is 104 Å². The zero-order valence-corrected chi connectivity index (χ0v) is 11.2. The second-order valence-electron chi connectivity index (χ2n) is 3.63. The third-order valence-electron chi connectivity index (χ3n) is 2.44. The second-order valence-corrected chi connectivity index (χ2v) is 5.74. The molecule has 0 saturated carbocycles. The number of hydrogen-bond donors (Lipinski definition) is 0. The maximum Gasteiger partial charge on any atom is 0.418 e. The normalized spacial score (nSPS) is 11.7. The van der Waals surface area contributed by atoms with E-state index in [1.165, 1.54) is 14.2 Å². The molecular formula is C11H13N2O4P. The van der Waals surface area contributed by atoms with E-state index in [-0.39, 0.29) is 5.63 Å². The molecule has 0 aliphatic heterocycles. The molecule has 0 unspecified atom stereocenters. The van der Waals surface area contributed by atoms with Crippen LogP contribution in [0.3, 0.4) is 0 Å². The minimum atomic E-state index is -3.48. The molecule has 1 aromatic heterocycles. The Kier molecular flexibility index (Phi) is 3.61. The molecule has 0 N–H and O–H groups in total. The van der Waals surface area contributed by atoms with Gasteiger partial charge in [-0.05, 0) is 6.92 Å². The lowest BCUT2D eigenvalue weighted by Crippen LogP contribution is -2.08. The Hall–Kier alpha value is -1.49. The fourth-order valence-corrected chi connectivity index (χ4v) is 2.20. The van der Waals surface area contributed by atoms with Crippen LogP contribution >= 0.6 is 7.60 Å². The topological polar surface area (TPSA) is 74.5 Å². The SMILES string of the molecule is COP(=O)(OC)c1nc(-c2ccc(C)cc2)no1. The molecule has 0 aliphatic carbocycles. The van der Waals surface area contributed by atoms with Crippen molar-refractivity contribution in [1.29, 1.82) is 0 Å². The molecule has 1 aromatic carbocycles. The molecule has 0 aliphatic rings. The quantitative estimate of drug-likeness (QED) is 0.791. The summed E-state index contributed by atoms with van der Waals surface area (Å²) in [7, 11) is -0.955. The van der Waals surface area contributed by atoms with E-state index in [1.54, 1.807) is 0 Å². The van der Waals surface area contributed by atoms with Gasteiger partial charge in [-0.1, -0.05) is 35.0 Å². The van der Waals surface area contributed by atoms with Gasteiger partial charge in [0.2, 0.25) is 5.82 Å². The number of aryl methyl sites for hydroxylation is 1. The second kappa shape index (κ2) is 5.02. The summed E-state index contributed by atoms with van der Waals surface area (Å²) in [4.78, 5) is 4.03. The minimum Gasteiger partial charge on any atom is -0.325 e. The Morgan fingerprint density at radius 2 is 1.78 bits per heavy atom. The van der Waals surface area contributed by atoms with Crippen molar-refractivity contribution >= 4 is 13.2 Å². The molecule has 6 nitrogen and oxygen atoms in total. The Morgan fingerprint density at radius 1 is 1.17 bits per heavy atom. The molecule has 0 bridgehead atoms. The largest absolute Gasteiger partial charge is 0.418 e. The van der Waals surface area contributed by atoms with Crippen LogP contribution < -0.4 is 5.63 Å². The summed E-state index contributed by atoms with van der Waals surface area (Å²) in [6, 6.07) is 7.57. The van der Waals surface area contributed by atoms with E-state index in [9.17, 15) is 4.57 Å². The molecule has 96 valence electrons. The Balaban J connectivity index is 2.36. The maximum absolute atomic E-state index is 12.0. The molecule has 0 spiro atoms. The standard InChI is InChI=1S/C11H13N2O4P/c1-8-4-6-9(7-5-8)10-12-11(17-13-10)18(14,15-2)16-3/h4-7H,1-3H3. The molecule has 0 fully saturated rings. The van der Waals surface area contributed by atoms with Crippen molar-refractivity contribution in [2.75, 3.05) is 14.2 Å². The first-order valence-corrected chi connectivity index (χ1v) is 6.76. The summed E-state index contributed by atoms with van der Waals surface area (Å²) in [5.74, 6) is 0.347. The lowest BCUT2D eigenvalue weighted by atomic mass is 10.1. The monoisotopic (exact) mass is 268 g/mol. The molecular weight excluding hydrogens is 255 g/mol. The summed E-state index contributed by atoms with van der Waals surface area (Å²) < 4.78 is 26.5. The number of benzene rings is 1. The van der Waals surface area contributed by atoms with Crippen LogP contribution in [0.1, 0.15) is 5.56 Å². The van der Waals surface area contributed by atoms with Crippen LogP contribution in [0.15, 0.2) is 28.8 Å². The fraction of sp³-hybridized carbons (Fsp3) is 0.273. The zero-order chi connectivity index (χ0) is 13.2. The summed E-state index contributed by atoms with van der Waals surface area (Å²) in [6.45, 7) is 1.98. The lowest BCUT2D eigenvalue weighted by molar-refractivity contribution is 0.276. The van der Waals surface area contributed by atoms with E-state index in [0.29, 0.717) is 5.82 Å². The molecule has 1 heterocycles. The highest BCUT2D eigenvalue weighted by atomic mass is 31.2. The van der Waals surface area contributed by atoms with E-state index in [0.717, 1.165) is 11.1 Å². The molecule has 0 radical (unpaired) electrons. The first kappa shape index (κ1) is 13.0. The third-order valence-corrected chi connectivity index (χ3v) is 4.05. The van der Waals surface area contributed by atoms with Crippen molar-refractivity contribution in [1.82, 2.24) is 10.1 Å². The van der Waals surface area contributed by atoms with Crippen LogP contribution in [-0.4, -0.2) is 24.4 Å². The molecule has 0 saturated heterocycles. The average molecular weight is 268 g/mol. The summed E-state index contributed by atoms with van der Waals surface area (Å²) in [5, 5.41) is 3.76. The van der Waals surface area contributed by atoms with Gasteiger partial charge in [-0.25, -0.2) is 4.57 Å². The van der Waals surface area contributed by atoms with Crippen LogP contribution in [0.4, 0.5) is 0 Å². The van der Waals surface area contributed by atoms with Gasteiger partial charge in [0.1, 0.15) is 0 Å². The predicted octanol–water partition coefficient (Wildman–Crippen LogP) is 2.16. The number of aromatic nitrogens is 2. The summed E-state index contributed by atoms with van der Waals surface area (Å²) in [6.07, 6.45) is 0. The van der Waals surface area contributed by atoms with Gasteiger partial charge in [-0.3, -0.25) is 0 Å². The van der Waals surface area contributed by atoms with Crippen molar-refractivity contribution in [3.8, 4) is 11.4 Å².